The van der Waals surface area contributed by atoms with Crippen molar-refractivity contribution in [2.75, 3.05) is 26.2 Å². The van der Waals surface area contributed by atoms with Crippen LogP contribution in [0.1, 0.15) is 31.1 Å². The van der Waals surface area contributed by atoms with Crippen LogP contribution in [0.3, 0.4) is 0 Å². The summed E-state index contributed by atoms with van der Waals surface area (Å²) in [6.45, 7) is 8.16. The summed E-state index contributed by atoms with van der Waals surface area (Å²) in [5, 5.41) is 0. The van der Waals surface area contributed by atoms with Crippen molar-refractivity contribution >= 4 is 11.9 Å². The number of amides is 1. The third kappa shape index (κ3) is 5.43. The molecule has 124 valence electrons. The maximum atomic E-state index is 12.0. The van der Waals surface area contributed by atoms with Crippen LogP contribution < -0.4 is 0 Å². The summed E-state index contributed by atoms with van der Waals surface area (Å²) in [5.74, 6) is -0.0137. The van der Waals surface area contributed by atoms with E-state index < -0.39 is 5.60 Å². The highest BCUT2D eigenvalue weighted by Crippen LogP contribution is 2.12. The fourth-order valence-corrected chi connectivity index (χ4v) is 2.25. The molecule has 0 aromatic heterocycles. The van der Waals surface area contributed by atoms with Gasteiger partial charge in [0.15, 0.2) is 5.78 Å². The minimum Gasteiger partial charge on any atom is -0.444 e. The first kappa shape index (κ1) is 17.1. The van der Waals surface area contributed by atoms with E-state index in [0.717, 1.165) is 0 Å². The third-order valence-corrected chi connectivity index (χ3v) is 3.46. The molecular weight excluding hydrogens is 292 g/mol. The molecule has 1 aliphatic heterocycles. The largest absolute Gasteiger partial charge is 0.444 e. The first-order chi connectivity index (χ1) is 10.8. The molecule has 1 heterocycles. The molecule has 2 rings (SSSR count). The summed E-state index contributed by atoms with van der Waals surface area (Å²) < 4.78 is 5.36. The average molecular weight is 316 g/mol. The molecule has 0 aliphatic carbocycles. The van der Waals surface area contributed by atoms with Crippen LogP contribution in [0.2, 0.25) is 0 Å². The molecular formula is C18H24N2O3. The number of allylic oxidation sites excluding steroid dienone is 1. The number of ether oxygens (including phenoxy) is 1. The van der Waals surface area contributed by atoms with Crippen molar-refractivity contribution in [3.8, 4) is 0 Å². The maximum Gasteiger partial charge on any atom is 0.410 e. The summed E-state index contributed by atoms with van der Waals surface area (Å²) in [7, 11) is 0. The quantitative estimate of drug-likeness (QED) is 0.635. The van der Waals surface area contributed by atoms with Crippen LogP contribution in [-0.2, 0) is 4.74 Å². The summed E-state index contributed by atoms with van der Waals surface area (Å²) in [6, 6.07) is 9.18. The zero-order valence-electron chi connectivity index (χ0n) is 14.0. The number of ketones is 1. The van der Waals surface area contributed by atoms with E-state index in [1.807, 2.05) is 50.1 Å². The number of hydrogen-bond acceptors (Lipinski definition) is 4. The van der Waals surface area contributed by atoms with E-state index in [0.29, 0.717) is 31.7 Å². The highest BCUT2D eigenvalue weighted by molar-refractivity contribution is 6.04. The SMILES string of the molecule is CC(C)(C)OC(=O)N1CCN(/C=C/C(=O)c2ccccc2)CC1. The zero-order valence-corrected chi connectivity index (χ0v) is 14.0. The van der Waals surface area contributed by atoms with Gasteiger partial charge in [0.25, 0.3) is 0 Å². The van der Waals surface area contributed by atoms with Gasteiger partial charge in [0.2, 0.25) is 0 Å². The lowest BCUT2D eigenvalue weighted by Crippen LogP contribution is -2.48. The second kappa shape index (κ2) is 7.31. The van der Waals surface area contributed by atoms with Crippen LogP contribution in [-0.4, -0.2) is 53.5 Å². The topological polar surface area (TPSA) is 49.9 Å². The molecule has 5 nitrogen and oxygen atoms in total. The molecule has 1 aliphatic rings. The van der Waals surface area contributed by atoms with Gasteiger partial charge in [-0.15, -0.1) is 0 Å². The van der Waals surface area contributed by atoms with Gasteiger partial charge in [-0.2, -0.15) is 0 Å². The van der Waals surface area contributed by atoms with E-state index in [9.17, 15) is 9.59 Å². The Bertz CT molecular complexity index is 568. The zero-order chi connectivity index (χ0) is 16.9. The first-order valence-corrected chi connectivity index (χ1v) is 7.85. The molecule has 0 bridgehead atoms. The maximum absolute atomic E-state index is 12.0. The van der Waals surface area contributed by atoms with E-state index >= 15 is 0 Å². The second-order valence-corrected chi connectivity index (χ2v) is 6.55. The Morgan fingerprint density at radius 1 is 1.04 bits per heavy atom. The summed E-state index contributed by atoms with van der Waals surface area (Å²) in [5.41, 5.74) is 0.201. The number of rotatable bonds is 3. The smallest absolute Gasteiger partial charge is 0.410 e. The van der Waals surface area contributed by atoms with Crippen molar-refractivity contribution in [1.29, 1.82) is 0 Å². The number of hydrogen-bond donors (Lipinski definition) is 0. The lowest BCUT2D eigenvalue weighted by Gasteiger charge is -2.35. The van der Waals surface area contributed by atoms with Gasteiger partial charge in [-0.05, 0) is 20.8 Å². The molecule has 0 saturated carbocycles. The highest BCUT2D eigenvalue weighted by atomic mass is 16.6. The molecule has 0 N–H and O–H groups in total. The number of piperazine rings is 1. The van der Waals surface area contributed by atoms with Crippen molar-refractivity contribution in [3.05, 3.63) is 48.2 Å². The third-order valence-electron chi connectivity index (χ3n) is 3.46. The van der Waals surface area contributed by atoms with E-state index in [4.69, 9.17) is 4.74 Å². The minimum absolute atomic E-state index is 0.0137. The van der Waals surface area contributed by atoms with Gasteiger partial charge >= 0.3 is 6.09 Å². The van der Waals surface area contributed by atoms with Crippen LogP contribution in [0.4, 0.5) is 4.79 Å². The van der Waals surface area contributed by atoms with Crippen molar-refractivity contribution in [2.24, 2.45) is 0 Å². The normalized spacial score (nSPS) is 15.8. The monoisotopic (exact) mass is 316 g/mol. The highest BCUT2D eigenvalue weighted by Gasteiger charge is 2.24. The van der Waals surface area contributed by atoms with Crippen molar-refractivity contribution in [1.82, 2.24) is 9.80 Å². The lowest BCUT2D eigenvalue weighted by atomic mass is 10.1. The minimum atomic E-state index is -0.476. The molecule has 1 aromatic carbocycles. The number of benzene rings is 1. The van der Waals surface area contributed by atoms with Crippen molar-refractivity contribution in [2.45, 2.75) is 26.4 Å². The van der Waals surface area contributed by atoms with E-state index in [1.54, 1.807) is 23.1 Å². The van der Waals surface area contributed by atoms with E-state index in [-0.39, 0.29) is 11.9 Å². The Kier molecular flexibility index (Phi) is 5.42. The van der Waals surface area contributed by atoms with Crippen molar-refractivity contribution < 1.29 is 14.3 Å². The molecule has 0 unspecified atom stereocenters. The first-order valence-electron chi connectivity index (χ1n) is 7.85. The Balaban J connectivity index is 1.82. The van der Waals surface area contributed by atoms with Crippen molar-refractivity contribution in [3.63, 3.8) is 0 Å². The van der Waals surface area contributed by atoms with Crippen LogP contribution in [0.15, 0.2) is 42.6 Å². The Morgan fingerprint density at radius 2 is 1.65 bits per heavy atom. The molecule has 0 atom stereocenters. The van der Waals surface area contributed by atoms with Gasteiger partial charge in [0.1, 0.15) is 5.60 Å². The molecule has 1 amide bonds. The van der Waals surface area contributed by atoms with E-state index in [2.05, 4.69) is 0 Å². The predicted octanol–water partition coefficient (Wildman–Crippen LogP) is 2.94. The van der Waals surface area contributed by atoms with Crippen LogP contribution in [0, 0.1) is 0 Å². The number of carbonyl (C=O) groups excluding carboxylic acids is 2. The fraction of sp³-hybridized carbons (Fsp3) is 0.444. The molecule has 1 aromatic rings. The summed E-state index contributed by atoms with van der Waals surface area (Å²) >= 11 is 0. The Hall–Kier alpha value is -2.30. The molecule has 0 spiro atoms. The molecule has 0 radical (unpaired) electrons. The van der Waals surface area contributed by atoms with Crippen LogP contribution in [0.25, 0.3) is 0 Å². The van der Waals surface area contributed by atoms with Gasteiger partial charge in [-0.3, -0.25) is 4.79 Å². The Labute approximate surface area is 137 Å². The fourth-order valence-electron chi connectivity index (χ4n) is 2.25. The number of nitrogens with zero attached hydrogens (tertiary/aromatic N) is 2. The molecule has 1 fully saturated rings. The Morgan fingerprint density at radius 3 is 2.22 bits per heavy atom. The molecule has 1 saturated heterocycles. The van der Waals surface area contributed by atoms with Crippen LogP contribution >= 0.6 is 0 Å². The lowest BCUT2D eigenvalue weighted by molar-refractivity contribution is 0.0176. The second-order valence-electron chi connectivity index (χ2n) is 6.55. The van der Waals surface area contributed by atoms with Gasteiger partial charge in [-0.1, -0.05) is 30.3 Å². The van der Waals surface area contributed by atoms with Crippen LogP contribution in [0.5, 0.6) is 0 Å². The van der Waals surface area contributed by atoms with Gasteiger partial charge < -0.3 is 14.5 Å². The van der Waals surface area contributed by atoms with Gasteiger partial charge in [0.05, 0.1) is 0 Å². The van der Waals surface area contributed by atoms with Gasteiger partial charge in [0, 0.05) is 44.0 Å². The molecule has 23 heavy (non-hydrogen) atoms. The summed E-state index contributed by atoms with van der Waals surface area (Å²) in [6.07, 6.45) is 3.11. The standard InChI is InChI=1S/C18H24N2O3/c1-18(2,3)23-17(22)20-13-11-19(12-14-20)10-9-16(21)15-7-5-4-6-8-15/h4-10H,11-14H2,1-3H3/b10-9+. The predicted molar refractivity (Wildman–Crippen MR) is 89.3 cm³/mol. The average Bonchev–Trinajstić information content (AvgIpc) is 2.52. The van der Waals surface area contributed by atoms with Gasteiger partial charge in [-0.25, -0.2) is 4.79 Å². The van der Waals surface area contributed by atoms with E-state index in [1.165, 1.54) is 0 Å². The molecule has 5 heteroatoms. The number of carbonyl (C=O) groups is 2. The summed E-state index contributed by atoms with van der Waals surface area (Å²) in [4.78, 5) is 27.7.